The fraction of sp³-hybridized carbons (Fsp3) is 0.939. The van der Waals surface area contributed by atoms with Crippen LogP contribution in [0.4, 0.5) is 0 Å². The summed E-state index contributed by atoms with van der Waals surface area (Å²) in [5.41, 5.74) is 0. The van der Waals surface area contributed by atoms with E-state index in [1.54, 1.807) is 0 Å². The van der Waals surface area contributed by atoms with Gasteiger partial charge in [-0.25, -0.2) is 0 Å². The Kier molecular flexibility index (Phi) is 40.8. The Hall–Kier alpha value is -1.59. The zero-order valence-corrected chi connectivity index (χ0v) is 37.6. The molecule has 0 radical (unpaired) electrons. The van der Waals surface area contributed by atoms with E-state index in [1.165, 1.54) is 154 Å². The van der Waals surface area contributed by atoms with Gasteiger partial charge in [0.2, 0.25) is 0 Å². The van der Waals surface area contributed by atoms with Gasteiger partial charge in [-0.2, -0.15) is 0 Å². The van der Waals surface area contributed by atoms with E-state index >= 15 is 0 Å². The monoisotopic (exact) mass is 779 g/mol. The molecule has 0 amide bonds. The molecule has 0 heterocycles. The van der Waals surface area contributed by atoms with Crippen LogP contribution in [0, 0.1) is 11.8 Å². The molecule has 0 aromatic heterocycles. The lowest BCUT2D eigenvalue weighted by molar-refractivity contribution is -0.167. The van der Waals surface area contributed by atoms with Crippen LogP contribution >= 0.6 is 0 Å². The largest absolute Gasteiger partial charge is 0.462 e. The molecule has 0 spiro atoms. The van der Waals surface area contributed by atoms with E-state index in [-0.39, 0.29) is 31.1 Å². The molecule has 0 N–H and O–H groups in total. The highest BCUT2D eigenvalue weighted by molar-refractivity contribution is 5.71. The van der Waals surface area contributed by atoms with Crippen molar-refractivity contribution >= 4 is 17.9 Å². The first-order valence-electron chi connectivity index (χ1n) is 24.2. The number of unbranched alkanes of at least 4 members (excludes halogenated alkanes) is 28. The third-order valence-electron chi connectivity index (χ3n) is 11.0. The van der Waals surface area contributed by atoms with Crippen LogP contribution in [0.1, 0.15) is 266 Å². The third-order valence-corrected chi connectivity index (χ3v) is 11.0. The molecule has 0 fully saturated rings. The van der Waals surface area contributed by atoms with E-state index in [0.717, 1.165) is 69.6 Å². The topological polar surface area (TPSA) is 78.9 Å². The normalized spacial score (nSPS) is 12.1. The van der Waals surface area contributed by atoms with Gasteiger partial charge in [0, 0.05) is 19.3 Å². The summed E-state index contributed by atoms with van der Waals surface area (Å²) in [7, 11) is 0. The molecular weight excluding hydrogens is 685 g/mol. The molecule has 0 bridgehead atoms. The quantitative estimate of drug-likeness (QED) is 0.0348. The van der Waals surface area contributed by atoms with E-state index in [0.29, 0.717) is 19.3 Å². The Morgan fingerprint density at radius 2 is 0.600 bits per heavy atom. The highest BCUT2D eigenvalue weighted by Crippen LogP contribution is 2.17. The van der Waals surface area contributed by atoms with Gasteiger partial charge in [0.1, 0.15) is 13.2 Å². The van der Waals surface area contributed by atoms with Crippen LogP contribution in [-0.4, -0.2) is 37.2 Å². The second kappa shape index (κ2) is 42.0. The molecule has 326 valence electrons. The molecule has 0 saturated carbocycles. The minimum atomic E-state index is -0.760. The molecule has 0 aliphatic carbocycles. The molecule has 1 atom stereocenters. The van der Waals surface area contributed by atoms with Crippen molar-refractivity contribution in [2.24, 2.45) is 11.8 Å². The van der Waals surface area contributed by atoms with Crippen LogP contribution in [-0.2, 0) is 28.6 Å². The van der Waals surface area contributed by atoms with Gasteiger partial charge in [0.05, 0.1) is 0 Å². The molecule has 0 aliphatic rings. The van der Waals surface area contributed by atoms with Gasteiger partial charge >= 0.3 is 17.9 Å². The number of carbonyl (C=O) groups excluding carboxylic acids is 3. The first-order valence-corrected chi connectivity index (χ1v) is 24.2. The SMILES string of the molecule is CCCCCCCCCCCCC(=O)OC[C@H](COC(=O)CCCCCCCCCCCCCCC(C)C)OC(=O)CCCCCCCCCCCC(C)C. The van der Waals surface area contributed by atoms with Crippen LogP contribution in [0.25, 0.3) is 0 Å². The molecule has 0 aromatic rings. The van der Waals surface area contributed by atoms with Gasteiger partial charge in [-0.15, -0.1) is 0 Å². The van der Waals surface area contributed by atoms with Gasteiger partial charge in [0.25, 0.3) is 0 Å². The van der Waals surface area contributed by atoms with Crippen LogP contribution < -0.4 is 0 Å². The summed E-state index contributed by atoms with van der Waals surface area (Å²) in [6, 6.07) is 0. The Morgan fingerprint density at radius 3 is 0.891 bits per heavy atom. The molecule has 0 rings (SSSR count). The Labute approximate surface area is 342 Å². The molecule has 55 heavy (non-hydrogen) atoms. The maximum Gasteiger partial charge on any atom is 0.306 e. The van der Waals surface area contributed by atoms with Crippen molar-refractivity contribution in [2.45, 2.75) is 272 Å². The minimum absolute atomic E-state index is 0.0645. The molecule has 6 nitrogen and oxygen atoms in total. The van der Waals surface area contributed by atoms with Gasteiger partial charge < -0.3 is 14.2 Å². The zero-order valence-electron chi connectivity index (χ0n) is 37.6. The number of carbonyl (C=O) groups is 3. The minimum Gasteiger partial charge on any atom is -0.462 e. The van der Waals surface area contributed by atoms with Crippen molar-refractivity contribution in [2.75, 3.05) is 13.2 Å². The van der Waals surface area contributed by atoms with E-state index < -0.39 is 6.10 Å². The Bertz CT molecular complexity index is 839. The summed E-state index contributed by atoms with van der Waals surface area (Å²) in [5.74, 6) is 0.785. The standard InChI is InChI=1S/C49H94O6/c1-6-7-8-9-10-11-19-24-29-34-39-47(50)53-42-46(55-49(52)41-36-31-26-21-16-18-23-28-33-38-45(4)5)43-54-48(51)40-35-30-25-20-15-13-12-14-17-22-27-32-37-44(2)3/h44-46H,6-43H2,1-5H3/t46-/m1/s1. The van der Waals surface area contributed by atoms with Crippen molar-refractivity contribution < 1.29 is 28.6 Å². The first kappa shape index (κ1) is 53.4. The lowest BCUT2D eigenvalue weighted by atomic mass is 10.0. The van der Waals surface area contributed by atoms with Crippen LogP contribution in [0.15, 0.2) is 0 Å². The smallest absolute Gasteiger partial charge is 0.306 e. The number of esters is 3. The van der Waals surface area contributed by atoms with E-state index in [1.807, 2.05) is 0 Å². The maximum absolute atomic E-state index is 12.7. The van der Waals surface area contributed by atoms with Crippen molar-refractivity contribution in [3.63, 3.8) is 0 Å². The lowest BCUT2D eigenvalue weighted by Crippen LogP contribution is -2.30. The Balaban J connectivity index is 4.30. The average molecular weight is 779 g/mol. The summed E-state index contributed by atoms with van der Waals surface area (Å²) in [5, 5.41) is 0. The summed E-state index contributed by atoms with van der Waals surface area (Å²) in [6.45, 7) is 11.3. The number of rotatable bonds is 43. The highest BCUT2D eigenvalue weighted by atomic mass is 16.6. The van der Waals surface area contributed by atoms with Crippen LogP contribution in [0.3, 0.4) is 0 Å². The molecule has 0 aliphatic heterocycles. The predicted octanol–water partition coefficient (Wildman–Crippen LogP) is 15.4. The van der Waals surface area contributed by atoms with Crippen molar-refractivity contribution in [3.05, 3.63) is 0 Å². The summed E-state index contributed by atoms with van der Waals surface area (Å²) < 4.78 is 16.7. The van der Waals surface area contributed by atoms with E-state index in [9.17, 15) is 14.4 Å². The fourth-order valence-electron chi connectivity index (χ4n) is 7.28. The first-order chi connectivity index (χ1) is 26.7. The number of hydrogen-bond acceptors (Lipinski definition) is 6. The summed E-state index contributed by atoms with van der Waals surface area (Å²) >= 11 is 0. The molecule has 6 heteroatoms. The van der Waals surface area contributed by atoms with Crippen LogP contribution in [0.5, 0.6) is 0 Å². The molecule has 0 unspecified atom stereocenters. The van der Waals surface area contributed by atoms with Crippen molar-refractivity contribution in [3.8, 4) is 0 Å². The van der Waals surface area contributed by atoms with E-state index in [2.05, 4.69) is 34.6 Å². The third kappa shape index (κ3) is 43.4. The fourth-order valence-corrected chi connectivity index (χ4v) is 7.28. The maximum atomic E-state index is 12.7. The number of ether oxygens (including phenoxy) is 3. The van der Waals surface area contributed by atoms with Crippen molar-refractivity contribution in [1.82, 2.24) is 0 Å². The van der Waals surface area contributed by atoms with Crippen molar-refractivity contribution in [1.29, 1.82) is 0 Å². The molecular formula is C49H94O6. The number of hydrogen-bond donors (Lipinski definition) is 0. The predicted molar refractivity (Wildman–Crippen MR) is 233 cm³/mol. The lowest BCUT2D eigenvalue weighted by Gasteiger charge is -2.18. The van der Waals surface area contributed by atoms with E-state index in [4.69, 9.17) is 14.2 Å². The van der Waals surface area contributed by atoms with Gasteiger partial charge in [-0.1, -0.05) is 227 Å². The second-order valence-corrected chi connectivity index (χ2v) is 17.7. The zero-order chi connectivity index (χ0) is 40.5. The van der Waals surface area contributed by atoms with Gasteiger partial charge in [-0.3, -0.25) is 14.4 Å². The second-order valence-electron chi connectivity index (χ2n) is 17.7. The summed E-state index contributed by atoms with van der Waals surface area (Å²) in [6.07, 6.45) is 40.9. The van der Waals surface area contributed by atoms with Gasteiger partial charge in [-0.05, 0) is 31.1 Å². The Morgan fingerprint density at radius 1 is 0.345 bits per heavy atom. The van der Waals surface area contributed by atoms with Crippen LogP contribution in [0.2, 0.25) is 0 Å². The molecule has 0 saturated heterocycles. The summed E-state index contributed by atoms with van der Waals surface area (Å²) in [4.78, 5) is 37.8. The highest BCUT2D eigenvalue weighted by Gasteiger charge is 2.19. The van der Waals surface area contributed by atoms with Gasteiger partial charge in [0.15, 0.2) is 6.10 Å². The average Bonchev–Trinajstić information content (AvgIpc) is 3.15. The molecule has 0 aromatic carbocycles.